The summed E-state index contributed by atoms with van der Waals surface area (Å²) < 4.78 is 16.8. The highest BCUT2D eigenvalue weighted by atomic mass is 16.5. The van der Waals surface area contributed by atoms with Gasteiger partial charge in [0, 0.05) is 49.2 Å². The van der Waals surface area contributed by atoms with Gasteiger partial charge in [0.1, 0.15) is 12.4 Å². The molecule has 2 aliphatic heterocycles. The molecule has 190 valence electrons. The lowest BCUT2D eigenvalue weighted by molar-refractivity contribution is 0.0662. The molecule has 2 N–H and O–H groups in total. The van der Waals surface area contributed by atoms with Crippen molar-refractivity contribution in [2.75, 3.05) is 38.3 Å². The standard InChI is InChI=1S/C29H35N3O4/c1-20-27(32-29(33)23-4-7-25(8-5-23)36-19-26-3-2-12-35-26)9-6-24-15-22(18-31-28(20)24)17-30-16-21-10-13-34-14-11-21/h4-9,15,18,21,26,30H,2-3,10-14,16-17,19H2,1H3,(H,32,33). The van der Waals surface area contributed by atoms with Crippen LogP contribution in [0.25, 0.3) is 10.9 Å². The number of amides is 1. The van der Waals surface area contributed by atoms with E-state index in [1.807, 2.05) is 37.4 Å². The largest absolute Gasteiger partial charge is 0.491 e. The lowest BCUT2D eigenvalue weighted by atomic mass is 10.0. The average Bonchev–Trinajstić information content (AvgIpc) is 3.44. The first kappa shape index (κ1) is 24.7. The first-order valence-corrected chi connectivity index (χ1v) is 13.0. The van der Waals surface area contributed by atoms with Gasteiger partial charge in [-0.3, -0.25) is 9.78 Å². The number of ether oxygens (including phenoxy) is 3. The number of anilines is 1. The summed E-state index contributed by atoms with van der Waals surface area (Å²) in [5, 5.41) is 7.68. The molecule has 2 fully saturated rings. The molecule has 5 rings (SSSR count). The minimum Gasteiger partial charge on any atom is -0.491 e. The van der Waals surface area contributed by atoms with Crippen LogP contribution >= 0.6 is 0 Å². The van der Waals surface area contributed by atoms with Gasteiger partial charge in [0.05, 0.1) is 11.6 Å². The van der Waals surface area contributed by atoms with Crippen LogP contribution in [0.3, 0.4) is 0 Å². The second-order valence-corrected chi connectivity index (χ2v) is 9.76. The summed E-state index contributed by atoms with van der Waals surface area (Å²) in [7, 11) is 0. The Kier molecular flexibility index (Phi) is 8.11. The monoisotopic (exact) mass is 489 g/mol. The van der Waals surface area contributed by atoms with E-state index in [9.17, 15) is 4.79 Å². The van der Waals surface area contributed by atoms with Crippen molar-refractivity contribution < 1.29 is 19.0 Å². The van der Waals surface area contributed by atoms with E-state index in [0.29, 0.717) is 18.1 Å². The summed E-state index contributed by atoms with van der Waals surface area (Å²) in [5.74, 6) is 1.28. The van der Waals surface area contributed by atoms with Gasteiger partial charge in [-0.1, -0.05) is 6.07 Å². The minimum absolute atomic E-state index is 0.156. The SMILES string of the molecule is Cc1c(NC(=O)c2ccc(OCC3CCCO3)cc2)ccc2cc(CNCC3CCOCC3)cnc12. The van der Waals surface area contributed by atoms with Crippen LogP contribution in [0.4, 0.5) is 5.69 Å². The van der Waals surface area contributed by atoms with Crippen LogP contribution in [0.5, 0.6) is 5.75 Å². The Morgan fingerprint density at radius 1 is 1.08 bits per heavy atom. The molecular weight excluding hydrogens is 454 g/mol. The Balaban J connectivity index is 1.17. The molecule has 1 atom stereocenters. The summed E-state index contributed by atoms with van der Waals surface area (Å²) in [6, 6.07) is 13.4. The van der Waals surface area contributed by atoms with Crippen molar-refractivity contribution in [3.63, 3.8) is 0 Å². The zero-order valence-electron chi connectivity index (χ0n) is 20.9. The molecular formula is C29H35N3O4. The number of nitrogens with zero attached hydrogens (tertiary/aromatic N) is 1. The topological polar surface area (TPSA) is 81.7 Å². The molecule has 0 saturated carbocycles. The maximum absolute atomic E-state index is 12.9. The fourth-order valence-corrected chi connectivity index (χ4v) is 4.86. The Morgan fingerprint density at radius 2 is 1.92 bits per heavy atom. The van der Waals surface area contributed by atoms with Gasteiger partial charge in [-0.2, -0.15) is 0 Å². The predicted molar refractivity (Wildman–Crippen MR) is 141 cm³/mol. The van der Waals surface area contributed by atoms with E-state index in [-0.39, 0.29) is 12.0 Å². The van der Waals surface area contributed by atoms with Crippen LogP contribution in [-0.2, 0) is 16.0 Å². The second kappa shape index (κ2) is 11.8. The van der Waals surface area contributed by atoms with Crippen molar-refractivity contribution in [1.29, 1.82) is 0 Å². The molecule has 1 unspecified atom stereocenters. The third kappa shape index (κ3) is 6.22. The maximum Gasteiger partial charge on any atom is 0.255 e. The van der Waals surface area contributed by atoms with E-state index >= 15 is 0 Å². The van der Waals surface area contributed by atoms with Gasteiger partial charge in [-0.15, -0.1) is 0 Å². The molecule has 0 radical (unpaired) electrons. The summed E-state index contributed by atoms with van der Waals surface area (Å²) >= 11 is 0. The Labute approximate surface area is 212 Å². The van der Waals surface area contributed by atoms with Gasteiger partial charge in [-0.05, 0) is 92.6 Å². The highest BCUT2D eigenvalue weighted by Gasteiger charge is 2.17. The van der Waals surface area contributed by atoms with E-state index in [1.54, 1.807) is 12.1 Å². The Bertz CT molecular complexity index is 1170. The third-order valence-electron chi connectivity index (χ3n) is 7.09. The van der Waals surface area contributed by atoms with Crippen molar-refractivity contribution in [2.24, 2.45) is 5.92 Å². The molecule has 7 nitrogen and oxygen atoms in total. The van der Waals surface area contributed by atoms with Crippen molar-refractivity contribution in [2.45, 2.75) is 45.3 Å². The number of hydrogen-bond donors (Lipinski definition) is 2. The highest BCUT2D eigenvalue weighted by molar-refractivity contribution is 6.06. The Morgan fingerprint density at radius 3 is 2.69 bits per heavy atom. The summed E-state index contributed by atoms with van der Waals surface area (Å²) in [4.78, 5) is 17.6. The van der Waals surface area contributed by atoms with Crippen LogP contribution in [0.1, 0.15) is 47.2 Å². The number of pyridine rings is 1. The molecule has 7 heteroatoms. The summed E-state index contributed by atoms with van der Waals surface area (Å²) in [6.45, 7) is 6.90. The molecule has 2 aromatic carbocycles. The number of nitrogens with one attached hydrogen (secondary N) is 2. The zero-order chi connectivity index (χ0) is 24.7. The van der Waals surface area contributed by atoms with Crippen LogP contribution in [0.2, 0.25) is 0 Å². The lowest BCUT2D eigenvalue weighted by Crippen LogP contribution is -2.27. The molecule has 36 heavy (non-hydrogen) atoms. The van der Waals surface area contributed by atoms with Crippen LogP contribution in [0.15, 0.2) is 48.7 Å². The summed E-state index contributed by atoms with van der Waals surface area (Å²) in [6.07, 6.45) is 6.48. The van der Waals surface area contributed by atoms with Crippen LogP contribution in [-0.4, -0.2) is 50.0 Å². The normalized spacial score (nSPS) is 18.4. The molecule has 2 saturated heterocycles. The molecule has 1 amide bonds. The van der Waals surface area contributed by atoms with Crippen molar-refractivity contribution in [3.8, 4) is 5.75 Å². The third-order valence-corrected chi connectivity index (χ3v) is 7.09. The van der Waals surface area contributed by atoms with Crippen LogP contribution < -0.4 is 15.4 Å². The molecule has 0 aliphatic carbocycles. The van der Waals surface area contributed by atoms with E-state index in [0.717, 1.165) is 92.1 Å². The summed E-state index contributed by atoms with van der Waals surface area (Å²) in [5.41, 5.74) is 4.37. The van der Waals surface area contributed by atoms with Gasteiger partial charge in [-0.25, -0.2) is 0 Å². The molecule has 2 aliphatic rings. The van der Waals surface area contributed by atoms with E-state index in [1.165, 1.54) is 0 Å². The smallest absolute Gasteiger partial charge is 0.255 e. The van der Waals surface area contributed by atoms with E-state index in [4.69, 9.17) is 19.2 Å². The minimum atomic E-state index is -0.156. The number of carbonyl (C=O) groups excluding carboxylic acids is 1. The maximum atomic E-state index is 12.9. The number of benzene rings is 2. The Hall–Kier alpha value is -3.00. The first-order valence-electron chi connectivity index (χ1n) is 13.0. The van der Waals surface area contributed by atoms with Gasteiger partial charge >= 0.3 is 0 Å². The molecule has 3 heterocycles. The lowest BCUT2D eigenvalue weighted by Gasteiger charge is -2.22. The quantitative estimate of drug-likeness (QED) is 0.446. The van der Waals surface area contributed by atoms with Gasteiger partial charge in [0.25, 0.3) is 5.91 Å². The number of aromatic nitrogens is 1. The van der Waals surface area contributed by atoms with Crippen LogP contribution in [0, 0.1) is 12.8 Å². The van der Waals surface area contributed by atoms with Crippen molar-refractivity contribution in [3.05, 3.63) is 65.4 Å². The van der Waals surface area contributed by atoms with Crippen molar-refractivity contribution in [1.82, 2.24) is 10.3 Å². The fraction of sp³-hybridized carbons (Fsp3) is 0.448. The van der Waals surface area contributed by atoms with E-state index < -0.39 is 0 Å². The van der Waals surface area contributed by atoms with Gasteiger partial charge < -0.3 is 24.8 Å². The zero-order valence-corrected chi connectivity index (χ0v) is 20.9. The number of hydrogen-bond acceptors (Lipinski definition) is 6. The van der Waals surface area contributed by atoms with Gasteiger partial charge in [0.15, 0.2) is 0 Å². The molecule has 0 spiro atoms. The fourth-order valence-electron chi connectivity index (χ4n) is 4.86. The van der Waals surface area contributed by atoms with E-state index in [2.05, 4.69) is 16.7 Å². The molecule has 0 bridgehead atoms. The van der Waals surface area contributed by atoms with Crippen molar-refractivity contribution >= 4 is 22.5 Å². The second-order valence-electron chi connectivity index (χ2n) is 9.76. The number of rotatable bonds is 9. The number of carbonyl (C=O) groups is 1. The highest BCUT2D eigenvalue weighted by Crippen LogP contribution is 2.26. The average molecular weight is 490 g/mol. The number of fused-ring (bicyclic) bond motifs is 1. The first-order chi connectivity index (χ1) is 17.7. The van der Waals surface area contributed by atoms with Gasteiger partial charge in [0.2, 0.25) is 0 Å². The molecule has 3 aromatic rings. The molecule has 1 aromatic heterocycles. The predicted octanol–water partition coefficient (Wildman–Crippen LogP) is 4.87. The number of aryl methyl sites for hydroxylation is 1.